The second-order valence-electron chi connectivity index (χ2n) is 3.93. The molecule has 1 aliphatic rings. The van der Waals surface area contributed by atoms with Crippen LogP contribution in [0.4, 0.5) is 0 Å². The highest BCUT2D eigenvalue weighted by Gasteiger charge is 2.13. The van der Waals surface area contributed by atoms with Crippen LogP contribution in [0.5, 0.6) is 0 Å². The first-order valence-electron chi connectivity index (χ1n) is 5.67. The van der Waals surface area contributed by atoms with Crippen molar-refractivity contribution in [2.75, 3.05) is 20.2 Å². The summed E-state index contributed by atoms with van der Waals surface area (Å²) >= 11 is 0. The largest absolute Gasteiger partial charge is 0.399 e. The van der Waals surface area contributed by atoms with Gasteiger partial charge in [-0.1, -0.05) is 6.58 Å². The topological polar surface area (TPSA) is 88.9 Å². The van der Waals surface area contributed by atoms with Gasteiger partial charge in [0, 0.05) is 24.9 Å². The molecule has 0 aromatic rings. The van der Waals surface area contributed by atoms with Crippen molar-refractivity contribution in [1.82, 2.24) is 10.4 Å². The summed E-state index contributed by atoms with van der Waals surface area (Å²) in [6.07, 6.45) is 5.28. The molecular formula is C11H21N5O. The predicted molar refractivity (Wildman–Crippen MR) is 68.6 cm³/mol. The van der Waals surface area contributed by atoms with Gasteiger partial charge in [-0.05, 0) is 19.3 Å². The molecule has 96 valence electrons. The number of nitrogens with two attached hydrogens (primary N) is 2. The first kappa shape index (κ1) is 13.4. The molecule has 0 saturated carbocycles. The fourth-order valence-corrected chi connectivity index (χ4v) is 1.73. The molecule has 5 N–H and O–H groups in total. The molecular weight excluding hydrogens is 218 g/mol. The Labute approximate surface area is 102 Å². The fraction of sp³-hybridized carbons (Fsp3) is 0.545. The van der Waals surface area contributed by atoms with E-state index in [2.05, 4.69) is 22.0 Å². The summed E-state index contributed by atoms with van der Waals surface area (Å²) in [6, 6.07) is 0. The van der Waals surface area contributed by atoms with Crippen LogP contribution in [0.15, 0.2) is 29.2 Å². The third kappa shape index (κ3) is 4.78. The van der Waals surface area contributed by atoms with Crippen LogP contribution in [0.3, 0.4) is 0 Å². The van der Waals surface area contributed by atoms with Crippen molar-refractivity contribution in [2.45, 2.75) is 19.3 Å². The maximum Gasteiger partial charge on any atom is 0.219 e. The Balaban J connectivity index is 2.79. The molecule has 0 aliphatic carbocycles. The van der Waals surface area contributed by atoms with E-state index >= 15 is 0 Å². The SMILES string of the molecule is C=C(N)/C=C(\N=C(\N)NOC)N1CCCCC1. The maximum absolute atomic E-state index is 5.64. The van der Waals surface area contributed by atoms with Crippen molar-refractivity contribution in [3.05, 3.63) is 24.2 Å². The summed E-state index contributed by atoms with van der Waals surface area (Å²) in [5.41, 5.74) is 14.2. The molecule has 1 aliphatic heterocycles. The number of likely N-dealkylation sites (tertiary alicyclic amines) is 1. The van der Waals surface area contributed by atoms with Crippen molar-refractivity contribution in [3.63, 3.8) is 0 Å². The van der Waals surface area contributed by atoms with Crippen LogP contribution in [0, 0.1) is 0 Å². The molecule has 0 bridgehead atoms. The molecule has 1 rings (SSSR count). The third-order valence-corrected chi connectivity index (χ3v) is 2.44. The van der Waals surface area contributed by atoms with Gasteiger partial charge in [-0.25, -0.2) is 5.48 Å². The number of nitrogens with zero attached hydrogens (tertiary/aromatic N) is 2. The molecule has 0 aromatic carbocycles. The van der Waals surface area contributed by atoms with Gasteiger partial charge in [-0.2, -0.15) is 4.99 Å². The van der Waals surface area contributed by atoms with Gasteiger partial charge >= 0.3 is 0 Å². The van der Waals surface area contributed by atoms with E-state index in [1.165, 1.54) is 13.5 Å². The van der Waals surface area contributed by atoms with E-state index in [1.54, 1.807) is 6.08 Å². The van der Waals surface area contributed by atoms with Crippen LogP contribution < -0.4 is 16.9 Å². The average Bonchev–Trinajstić information content (AvgIpc) is 2.29. The molecule has 1 saturated heterocycles. The van der Waals surface area contributed by atoms with E-state index in [0.29, 0.717) is 5.70 Å². The van der Waals surface area contributed by atoms with Gasteiger partial charge in [0.2, 0.25) is 5.96 Å². The smallest absolute Gasteiger partial charge is 0.219 e. The lowest BCUT2D eigenvalue weighted by Crippen LogP contribution is -2.34. The molecule has 6 nitrogen and oxygen atoms in total. The zero-order valence-electron chi connectivity index (χ0n) is 10.3. The molecule has 17 heavy (non-hydrogen) atoms. The Morgan fingerprint density at radius 3 is 2.53 bits per heavy atom. The Hall–Kier alpha value is -1.69. The number of guanidine groups is 1. The summed E-state index contributed by atoms with van der Waals surface area (Å²) in [7, 11) is 1.48. The Morgan fingerprint density at radius 1 is 1.35 bits per heavy atom. The lowest BCUT2D eigenvalue weighted by atomic mass is 10.1. The van der Waals surface area contributed by atoms with Gasteiger partial charge in [-0.3, -0.25) is 4.84 Å². The molecule has 0 radical (unpaired) electrons. The van der Waals surface area contributed by atoms with Gasteiger partial charge in [0.05, 0.1) is 7.11 Å². The van der Waals surface area contributed by atoms with E-state index in [-0.39, 0.29) is 5.96 Å². The maximum atomic E-state index is 5.64. The van der Waals surface area contributed by atoms with E-state index in [4.69, 9.17) is 16.3 Å². The molecule has 1 heterocycles. The van der Waals surface area contributed by atoms with Gasteiger partial charge in [0.15, 0.2) is 0 Å². The van der Waals surface area contributed by atoms with Crippen molar-refractivity contribution < 1.29 is 4.84 Å². The van der Waals surface area contributed by atoms with Crippen molar-refractivity contribution in [3.8, 4) is 0 Å². The van der Waals surface area contributed by atoms with E-state index in [1.807, 2.05) is 0 Å². The number of hydroxylamine groups is 1. The van der Waals surface area contributed by atoms with Crippen LogP contribution in [-0.2, 0) is 4.84 Å². The number of hydrogen-bond donors (Lipinski definition) is 3. The first-order chi connectivity index (χ1) is 8.13. The highest BCUT2D eigenvalue weighted by Crippen LogP contribution is 2.16. The summed E-state index contributed by atoms with van der Waals surface area (Å²) in [5.74, 6) is 0.921. The number of piperidine rings is 1. The zero-order chi connectivity index (χ0) is 12.7. The molecule has 1 fully saturated rings. The lowest BCUT2D eigenvalue weighted by Gasteiger charge is -2.28. The average molecular weight is 239 g/mol. The third-order valence-electron chi connectivity index (χ3n) is 2.44. The summed E-state index contributed by atoms with van der Waals surface area (Å²) in [6.45, 7) is 5.58. The molecule has 0 spiro atoms. The number of allylic oxidation sites excluding steroid dienone is 1. The quantitative estimate of drug-likeness (QED) is 0.283. The number of aliphatic imine (C=N–C) groups is 1. The summed E-state index contributed by atoms with van der Waals surface area (Å²) < 4.78 is 0. The first-order valence-corrected chi connectivity index (χ1v) is 5.67. The van der Waals surface area contributed by atoms with Gasteiger partial charge in [0.25, 0.3) is 0 Å². The van der Waals surface area contributed by atoms with Crippen LogP contribution in [0.1, 0.15) is 19.3 Å². The molecule has 0 unspecified atom stereocenters. The highest BCUT2D eigenvalue weighted by atomic mass is 16.6. The molecule has 0 aromatic heterocycles. The lowest BCUT2D eigenvalue weighted by molar-refractivity contribution is 0.143. The molecule has 6 heteroatoms. The molecule has 0 atom stereocenters. The van der Waals surface area contributed by atoms with Crippen molar-refractivity contribution in [1.29, 1.82) is 0 Å². The van der Waals surface area contributed by atoms with Crippen LogP contribution >= 0.6 is 0 Å². The summed E-state index contributed by atoms with van der Waals surface area (Å²) in [4.78, 5) is 11.1. The van der Waals surface area contributed by atoms with Crippen LogP contribution in [-0.4, -0.2) is 31.1 Å². The number of hydrogen-bond acceptors (Lipinski definition) is 4. The second-order valence-corrected chi connectivity index (χ2v) is 3.93. The van der Waals surface area contributed by atoms with E-state index in [9.17, 15) is 0 Å². The highest BCUT2D eigenvalue weighted by molar-refractivity contribution is 5.77. The Bertz CT molecular complexity index is 318. The zero-order valence-corrected chi connectivity index (χ0v) is 10.3. The van der Waals surface area contributed by atoms with Crippen molar-refractivity contribution >= 4 is 5.96 Å². The van der Waals surface area contributed by atoms with Gasteiger partial charge in [0.1, 0.15) is 5.82 Å². The Morgan fingerprint density at radius 2 is 2.00 bits per heavy atom. The second kappa shape index (κ2) is 6.80. The van der Waals surface area contributed by atoms with E-state index < -0.39 is 0 Å². The summed E-state index contributed by atoms with van der Waals surface area (Å²) in [5, 5.41) is 0. The van der Waals surface area contributed by atoms with Gasteiger partial charge < -0.3 is 16.4 Å². The minimum Gasteiger partial charge on any atom is -0.399 e. The minimum atomic E-state index is 0.200. The predicted octanol–water partition coefficient (Wildman–Crippen LogP) is 0.252. The Kier molecular flexibility index (Phi) is 5.35. The standard InChI is InChI=1S/C11H21N5O/c1-9(12)8-10(14-11(13)15-17-2)16-6-4-3-5-7-16/h8H,1,3-7,12H2,2H3,(H3,13,14,15)/b10-8+. The minimum absolute atomic E-state index is 0.200. The monoisotopic (exact) mass is 239 g/mol. The fourth-order valence-electron chi connectivity index (χ4n) is 1.73. The molecule has 0 amide bonds. The van der Waals surface area contributed by atoms with E-state index in [0.717, 1.165) is 31.8 Å². The normalized spacial score (nSPS) is 18.1. The van der Waals surface area contributed by atoms with Crippen molar-refractivity contribution in [2.24, 2.45) is 16.5 Å². The van der Waals surface area contributed by atoms with Crippen LogP contribution in [0.25, 0.3) is 0 Å². The number of rotatable bonds is 4. The van der Waals surface area contributed by atoms with Crippen LogP contribution in [0.2, 0.25) is 0 Å². The van der Waals surface area contributed by atoms with Gasteiger partial charge in [-0.15, -0.1) is 0 Å². The number of nitrogens with one attached hydrogen (secondary N) is 1.